The number of halogens is 1. The quantitative estimate of drug-likeness (QED) is 0.898. The number of carbonyl (C=O) groups excluding carboxylic acids is 2. The summed E-state index contributed by atoms with van der Waals surface area (Å²) in [4.78, 5) is 23.8. The van der Waals surface area contributed by atoms with E-state index in [-0.39, 0.29) is 17.4 Å². The molecule has 0 radical (unpaired) electrons. The third kappa shape index (κ3) is 3.48. The molecular weight excluding hydrogens is 271 g/mol. The minimum Gasteiger partial charge on any atom is -0.340 e. The second-order valence-electron chi connectivity index (χ2n) is 5.55. The molecule has 4 nitrogen and oxygen atoms in total. The van der Waals surface area contributed by atoms with Crippen molar-refractivity contribution in [1.82, 2.24) is 10.6 Å². The second-order valence-corrected chi connectivity index (χ2v) is 5.55. The SMILES string of the molecule is C=C1CC[C@@H](NC(=O)c2ccc(C(C)C)cc2F)C(=O)N1. The van der Waals surface area contributed by atoms with Gasteiger partial charge < -0.3 is 10.6 Å². The third-order valence-electron chi connectivity index (χ3n) is 3.56. The lowest BCUT2D eigenvalue weighted by Gasteiger charge is -2.24. The fourth-order valence-electron chi connectivity index (χ4n) is 2.22. The Bertz CT molecular complexity index is 596. The van der Waals surface area contributed by atoms with Crippen molar-refractivity contribution >= 4 is 11.8 Å². The van der Waals surface area contributed by atoms with Crippen LogP contribution in [0.4, 0.5) is 4.39 Å². The summed E-state index contributed by atoms with van der Waals surface area (Å²) >= 11 is 0. The molecule has 0 bridgehead atoms. The van der Waals surface area contributed by atoms with Gasteiger partial charge in [0.05, 0.1) is 5.56 Å². The molecule has 0 spiro atoms. The van der Waals surface area contributed by atoms with Gasteiger partial charge in [0.25, 0.3) is 5.91 Å². The predicted octanol–water partition coefficient (Wildman–Crippen LogP) is 2.47. The zero-order valence-corrected chi connectivity index (χ0v) is 12.2. The first kappa shape index (κ1) is 15.2. The van der Waals surface area contributed by atoms with Crippen molar-refractivity contribution < 1.29 is 14.0 Å². The van der Waals surface area contributed by atoms with E-state index in [1.165, 1.54) is 12.1 Å². The fraction of sp³-hybridized carbons (Fsp3) is 0.375. The van der Waals surface area contributed by atoms with E-state index < -0.39 is 17.8 Å². The van der Waals surface area contributed by atoms with Crippen molar-refractivity contribution in [2.45, 2.75) is 38.6 Å². The highest BCUT2D eigenvalue weighted by atomic mass is 19.1. The van der Waals surface area contributed by atoms with Crippen LogP contribution in [0.3, 0.4) is 0 Å². The highest BCUT2D eigenvalue weighted by Gasteiger charge is 2.26. The molecule has 1 fully saturated rings. The summed E-state index contributed by atoms with van der Waals surface area (Å²) in [7, 11) is 0. The fourth-order valence-corrected chi connectivity index (χ4v) is 2.22. The Balaban J connectivity index is 2.10. The van der Waals surface area contributed by atoms with E-state index in [0.717, 1.165) is 5.56 Å². The van der Waals surface area contributed by atoms with Gasteiger partial charge in [0.2, 0.25) is 5.91 Å². The molecule has 2 rings (SSSR count). The van der Waals surface area contributed by atoms with Gasteiger partial charge in [0.1, 0.15) is 11.9 Å². The predicted molar refractivity (Wildman–Crippen MR) is 78.3 cm³/mol. The van der Waals surface area contributed by atoms with Gasteiger partial charge in [-0.2, -0.15) is 0 Å². The Hall–Kier alpha value is -2.17. The molecule has 21 heavy (non-hydrogen) atoms. The Kier molecular flexibility index (Phi) is 4.40. The van der Waals surface area contributed by atoms with Crippen molar-refractivity contribution in [1.29, 1.82) is 0 Å². The number of amides is 2. The molecule has 1 atom stereocenters. The molecular formula is C16H19FN2O2. The molecule has 1 aliphatic heterocycles. The molecule has 0 aliphatic carbocycles. The number of allylic oxidation sites excluding steroid dienone is 1. The lowest BCUT2D eigenvalue weighted by molar-refractivity contribution is -0.123. The maximum Gasteiger partial charge on any atom is 0.254 e. The average Bonchev–Trinajstić information content (AvgIpc) is 2.41. The van der Waals surface area contributed by atoms with Gasteiger partial charge >= 0.3 is 0 Å². The molecule has 0 aromatic heterocycles. The smallest absolute Gasteiger partial charge is 0.254 e. The van der Waals surface area contributed by atoms with Crippen LogP contribution in [0.15, 0.2) is 30.5 Å². The van der Waals surface area contributed by atoms with Crippen molar-refractivity contribution in [2.24, 2.45) is 0 Å². The van der Waals surface area contributed by atoms with Crippen LogP contribution in [0.2, 0.25) is 0 Å². The first-order valence-corrected chi connectivity index (χ1v) is 6.97. The van der Waals surface area contributed by atoms with E-state index in [4.69, 9.17) is 0 Å². The van der Waals surface area contributed by atoms with Gasteiger partial charge in [-0.1, -0.05) is 26.5 Å². The number of hydrogen-bond donors (Lipinski definition) is 2. The summed E-state index contributed by atoms with van der Waals surface area (Å²) in [5.74, 6) is -1.26. The van der Waals surface area contributed by atoms with Crippen LogP contribution in [0.1, 0.15) is 48.5 Å². The molecule has 1 saturated heterocycles. The minimum absolute atomic E-state index is 0.0448. The number of piperidine rings is 1. The molecule has 112 valence electrons. The normalized spacial score (nSPS) is 18.6. The zero-order valence-electron chi connectivity index (χ0n) is 12.2. The van der Waals surface area contributed by atoms with Crippen molar-refractivity contribution in [3.63, 3.8) is 0 Å². The van der Waals surface area contributed by atoms with Crippen LogP contribution >= 0.6 is 0 Å². The summed E-state index contributed by atoms with van der Waals surface area (Å²) in [6, 6.07) is 3.90. The molecule has 2 N–H and O–H groups in total. The van der Waals surface area contributed by atoms with Crippen LogP contribution in [0.25, 0.3) is 0 Å². The molecule has 0 unspecified atom stereocenters. The number of hydrogen-bond acceptors (Lipinski definition) is 2. The Morgan fingerprint density at radius 2 is 2.19 bits per heavy atom. The van der Waals surface area contributed by atoms with Crippen LogP contribution < -0.4 is 10.6 Å². The van der Waals surface area contributed by atoms with Gasteiger partial charge in [0, 0.05) is 5.70 Å². The number of carbonyl (C=O) groups is 2. The van der Waals surface area contributed by atoms with Crippen LogP contribution in [-0.2, 0) is 4.79 Å². The molecule has 1 aromatic rings. The maximum atomic E-state index is 14.0. The van der Waals surface area contributed by atoms with Gasteiger partial charge in [0.15, 0.2) is 0 Å². The number of benzene rings is 1. The van der Waals surface area contributed by atoms with Crippen molar-refractivity contribution in [2.75, 3.05) is 0 Å². The highest BCUT2D eigenvalue weighted by molar-refractivity contribution is 5.98. The molecule has 1 aliphatic rings. The molecule has 1 aromatic carbocycles. The van der Waals surface area contributed by atoms with E-state index >= 15 is 0 Å². The Labute approximate surface area is 123 Å². The van der Waals surface area contributed by atoms with E-state index in [1.807, 2.05) is 13.8 Å². The highest BCUT2D eigenvalue weighted by Crippen LogP contribution is 2.18. The van der Waals surface area contributed by atoms with E-state index in [0.29, 0.717) is 18.5 Å². The molecule has 0 saturated carbocycles. The third-order valence-corrected chi connectivity index (χ3v) is 3.56. The minimum atomic E-state index is -0.646. The topological polar surface area (TPSA) is 58.2 Å². The van der Waals surface area contributed by atoms with Gasteiger partial charge in [-0.25, -0.2) is 4.39 Å². The van der Waals surface area contributed by atoms with Gasteiger partial charge in [-0.15, -0.1) is 0 Å². The summed E-state index contributed by atoms with van der Waals surface area (Å²) in [5.41, 5.74) is 1.42. The first-order chi connectivity index (χ1) is 9.88. The van der Waals surface area contributed by atoms with Crippen LogP contribution in [0.5, 0.6) is 0 Å². The summed E-state index contributed by atoms with van der Waals surface area (Å²) in [6.45, 7) is 7.58. The summed E-state index contributed by atoms with van der Waals surface area (Å²) in [5, 5.41) is 5.15. The standard InChI is InChI=1S/C16H19FN2O2/c1-9(2)11-5-6-12(13(17)8-11)15(20)19-14-7-4-10(3)18-16(14)21/h5-6,8-9,14H,3-4,7H2,1-2H3,(H,18,21)(H,19,20)/t14-/m1/s1. The van der Waals surface area contributed by atoms with Crippen molar-refractivity contribution in [3.8, 4) is 0 Å². The average molecular weight is 290 g/mol. The lowest BCUT2D eigenvalue weighted by Crippen LogP contribution is -2.49. The van der Waals surface area contributed by atoms with E-state index in [2.05, 4.69) is 17.2 Å². The van der Waals surface area contributed by atoms with Gasteiger partial charge in [-0.3, -0.25) is 9.59 Å². The van der Waals surface area contributed by atoms with E-state index in [9.17, 15) is 14.0 Å². The van der Waals surface area contributed by atoms with Crippen molar-refractivity contribution in [3.05, 3.63) is 47.4 Å². The molecule has 2 amide bonds. The van der Waals surface area contributed by atoms with Crippen LogP contribution in [-0.4, -0.2) is 17.9 Å². The van der Waals surface area contributed by atoms with Crippen LogP contribution in [0, 0.1) is 5.82 Å². The number of rotatable bonds is 3. The second kappa shape index (κ2) is 6.08. The lowest BCUT2D eigenvalue weighted by atomic mass is 10.0. The van der Waals surface area contributed by atoms with E-state index in [1.54, 1.807) is 6.07 Å². The largest absolute Gasteiger partial charge is 0.340 e. The molecule has 5 heteroatoms. The summed E-state index contributed by atoms with van der Waals surface area (Å²) in [6.07, 6.45) is 1.08. The Morgan fingerprint density at radius 3 is 2.76 bits per heavy atom. The van der Waals surface area contributed by atoms with Gasteiger partial charge in [-0.05, 0) is 36.5 Å². The first-order valence-electron chi connectivity index (χ1n) is 6.97. The molecule has 1 heterocycles. The summed E-state index contributed by atoms with van der Waals surface area (Å²) < 4.78 is 14.0. The Morgan fingerprint density at radius 1 is 1.48 bits per heavy atom. The maximum absolute atomic E-state index is 14.0. The zero-order chi connectivity index (χ0) is 15.6. The monoisotopic (exact) mass is 290 g/mol. The number of nitrogens with one attached hydrogen (secondary N) is 2.